The Kier molecular flexibility index (Phi) is 4.55. The fraction of sp³-hybridized carbons (Fsp3) is 0.412. The number of thiazole rings is 1. The highest BCUT2D eigenvalue weighted by Crippen LogP contribution is 2.24. The molecule has 22 heavy (non-hydrogen) atoms. The normalized spacial score (nSPS) is 21.5. The summed E-state index contributed by atoms with van der Waals surface area (Å²) in [6.45, 7) is 1.98. The van der Waals surface area contributed by atoms with Crippen molar-refractivity contribution < 1.29 is 4.79 Å². The molecular weight excluding hydrogens is 294 g/mol. The molecule has 3 N–H and O–H groups in total. The van der Waals surface area contributed by atoms with Crippen LogP contribution < -0.4 is 11.1 Å². The Labute approximate surface area is 134 Å². The smallest absolute Gasteiger partial charge is 0.251 e. The number of nitrogens with two attached hydrogens (primary N) is 1. The molecule has 1 aromatic heterocycles. The van der Waals surface area contributed by atoms with Crippen LogP contribution in [0.2, 0.25) is 0 Å². The van der Waals surface area contributed by atoms with Gasteiger partial charge < -0.3 is 11.1 Å². The van der Waals surface area contributed by atoms with E-state index in [1.807, 2.05) is 36.6 Å². The highest BCUT2D eigenvalue weighted by molar-refractivity contribution is 7.13. The van der Waals surface area contributed by atoms with Crippen molar-refractivity contribution in [3.8, 4) is 10.6 Å². The van der Waals surface area contributed by atoms with Gasteiger partial charge in [-0.15, -0.1) is 11.3 Å². The zero-order chi connectivity index (χ0) is 15.5. The van der Waals surface area contributed by atoms with Crippen LogP contribution in [0.5, 0.6) is 0 Å². The molecule has 2 aromatic rings. The van der Waals surface area contributed by atoms with Gasteiger partial charge in [0.05, 0.1) is 0 Å². The quantitative estimate of drug-likeness (QED) is 0.914. The number of amides is 1. The second-order valence-corrected chi connectivity index (χ2v) is 6.82. The standard InChI is InChI=1S/C17H21N3OS/c1-11-10-22-17(19-11)13-4-2-3-12(9-13)16(21)20-15-7-5-14(18)6-8-15/h2-4,9-10,14-15H,5-8,18H2,1H3,(H,20,21). The Hall–Kier alpha value is -1.72. The summed E-state index contributed by atoms with van der Waals surface area (Å²) in [5, 5.41) is 6.10. The number of carbonyl (C=O) groups excluding carboxylic acids is 1. The van der Waals surface area contributed by atoms with Crippen molar-refractivity contribution in [3.63, 3.8) is 0 Å². The lowest BCUT2D eigenvalue weighted by atomic mass is 9.91. The molecule has 0 unspecified atom stereocenters. The van der Waals surface area contributed by atoms with Gasteiger partial charge in [0, 0.05) is 34.3 Å². The van der Waals surface area contributed by atoms with Crippen LogP contribution in [0.15, 0.2) is 29.6 Å². The van der Waals surface area contributed by atoms with E-state index in [1.165, 1.54) is 0 Å². The molecule has 1 aliphatic carbocycles. The summed E-state index contributed by atoms with van der Waals surface area (Å²) in [4.78, 5) is 16.9. The fourth-order valence-electron chi connectivity index (χ4n) is 2.81. The van der Waals surface area contributed by atoms with Crippen molar-refractivity contribution in [1.29, 1.82) is 0 Å². The van der Waals surface area contributed by atoms with Crippen molar-refractivity contribution in [3.05, 3.63) is 40.9 Å². The van der Waals surface area contributed by atoms with Gasteiger partial charge >= 0.3 is 0 Å². The minimum atomic E-state index is -0.00407. The number of carbonyl (C=O) groups is 1. The van der Waals surface area contributed by atoms with Crippen LogP contribution in [-0.4, -0.2) is 23.0 Å². The summed E-state index contributed by atoms with van der Waals surface area (Å²) in [6, 6.07) is 8.23. The molecule has 0 bridgehead atoms. The summed E-state index contributed by atoms with van der Waals surface area (Å²) in [6.07, 6.45) is 3.92. The fourth-order valence-corrected chi connectivity index (χ4v) is 3.61. The van der Waals surface area contributed by atoms with Gasteiger partial charge in [-0.05, 0) is 44.7 Å². The number of nitrogens with zero attached hydrogens (tertiary/aromatic N) is 1. The van der Waals surface area contributed by atoms with Crippen LogP contribution in [0.3, 0.4) is 0 Å². The third-order valence-electron chi connectivity index (χ3n) is 4.10. The van der Waals surface area contributed by atoms with E-state index in [2.05, 4.69) is 10.3 Å². The van der Waals surface area contributed by atoms with Crippen LogP contribution >= 0.6 is 11.3 Å². The van der Waals surface area contributed by atoms with Gasteiger partial charge in [0.15, 0.2) is 0 Å². The lowest BCUT2D eigenvalue weighted by molar-refractivity contribution is 0.0926. The summed E-state index contributed by atoms with van der Waals surface area (Å²) >= 11 is 1.60. The first-order chi connectivity index (χ1) is 10.6. The van der Waals surface area contributed by atoms with Gasteiger partial charge in [-0.1, -0.05) is 12.1 Å². The maximum atomic E-state index is 12.4. The van der Waals surface area contributed by atoms with Gasteiger partial charge in [0.25, 0.3) is 5.91 Å². The van der Waals surface area contributed by atoms with E-state index in [-0.39, 0.29) is 11.9 Å². The molecule has 1 aromatic carbocycles. The molecule has 0 radical (unpaired) electrons. The molecule has 0 atom stereocenters. The number of aryl methyl sites for hydroxylation is 1. The van der Waals surface area contributed by atoms with Crippen molar-refractivity contribution in [1.82, 2.24) is 10.3 Å². The molecule has 116 valence electrons. The third kappa shape index (κ3) is 3.54. The van der Waals surface area contributed by atoms with Crippen molar-refractivity contribution in [2.24, 2.45) is 5.73 Å². The minimum Gasteiger partial charge on any atom is -0.349 e. The van der Waals surface area contributed by atoms with Gasteiger partial charge in [0.1, 0.15) is 5.01 Å². The van der Waals surface area contributed by atoms with E-state index in [1.54, 1.807) is 11.3 Å². The molecule has 0 spiro atoms. The Balaban J connectivity index is 1.70. The predicted octanol–water partition coefficient (Wildman–Crippen LogP) is 3.12. The SMILES string of the molecule is Cc1csc(-c2cccc(C(=O)NC3CCC(N)CC3)c2)n1. The van der Waals surface area contributed by atoms with Crippen LogP contribution in [0.1, 0.15) is 41.7 Å². The number of benzene rings is 1. The molecule has 1 heterocycles. The lowest BCUT2D eigenvalue weighted by Gasteiger charge is -2.26. The molecule has 1 aliphatic rings. The lowest BCUT2D eigenvalue weighted by Crippen LogP contribution is -2.40. The molecule has 1 saturated carbocycles. The highest BCUT2D eigenvalue weighted by Gasteiger charge is 2.20. The Morgan fingerprint density at radius 2 is 2.09 bits per heavy atom. The van der Waals surface area contributed by atoms with Gasteiger partial charge in [-0.25, -0.2) is 4.98 Å². The van der Waals surface area contributed by atoms with Crippen molar-refractivity contribution >= 4 is 17.2 Å². The summed E-state index contributed by atoms with van der Waals surface area (Å²) in [5.41, 5.74) is 8.61. The minimum absolute atomic E-state index is 0.00407. The van der Waals surface area contributed by atoms with Crippen LogP contribution in [-0.2, 0) is 0 Å². The maximum absolute atomic E-state index is 12.4. The first kappa shape index (κ1) is 15.2. The number of rotatable bonds is 3. The van der Waals surface area contributed by atoms with Gasteiger partial charge in [0.2, 0.25) is 0 Å². The molecule has 1 fully saturated rings. The van der Waals surface area contributed by atoms with Gasteiger partial charge in [-0.2, -0.15) is 0 Å². The Morgan fingerprint density at radius 3 is 2.77 bits per heavy atom. The second kappa shape index (κ2) is 6.58. The Morgan fingerprint density at radius 1 is 1.32 bits per heavy atom. The van der Waals surface area contributed by atoms with E-state index >= 15 is 0 Å². The topological polar surface area (TPSA) is 68.0 Å². The number of nitrogens with one attached hydrogen (secondary N) is 1. The Bertz CT molecular complexity index is 659. The molecule has 0 saturated heterocycles. The van der Waals surface area contributed by atoms with Crippen LogP contribution in [0.25, 0.3) is 10.6 Å². The molecule has 5 heteroatoms. The molecule has 1 amide bonds. The number of hydrogen-bond acceptors (Lipinski definition) is 4. The predicted molar refractivity (Wildman–Crippen MR) is 90.0 cm³/mol. The summed E-state index contributed by atoms with van der Waals surface area (Å²) in [7, 11) is 0. The first-order valence-corrected chi connectivity index (χ1v) is 8.59. The van der Waals surface area contributed by atoms with E-state index in [4.69, 9.17) is 5.73 Å². The number of hydrogen-bond donors (Lipinski definition) is 2. The largest absolute Gasteiger partial charge is 0.349 e. The zero-order valence-corrected chi connectivity index (χ0v) is 13.5. The number of aromatic nitrogens is 1. The van der Waals surface area contributed by atoms with E-state index in [0.29, 0.717) is 11.6 Å². The first-order valence-electron chi connectivity index (χ1n) is 7.71. The third-order valence-corrected chi connectivity index (χ3v) is 5.11. The van der Waals surface area contributed by atoms with E-state index in [9.17, 15) is 4.79 Å². The molecular formula is C17H21N3OS. The van der Waals surface area contributed by atoms with Crippen LogP contribution in [0, 0.1) is 6.92 Å². The maximum Gasteiger partial charge on any atom is 0.251 e. The second-order valence-electron chi connectivity index (χ2n) is 5.96. The van der Waals surface area contributed by atoms with Crippen molar-refractivity contribution in [2.75, 3.05) is 0 Å². The molecule has 0 aliphatic heterocycles. The summed E-state index contributed by atoms with van der Waals surface area (Å²) in [5.74, 6) is -0.00407. The average molecular weight is 315 g/mol. The van der Waals surface area contributed by atoms with Crippen molar-refractivity contribution in [2.45, 2.75) is 44.7 Å². The summed E-state index contributed by atoms with van der Waals surface area (Å²) < 4.78 is 0. The van der Waals surface area contributed by atoms with Crippen LogP contribution in [0.4, 0.5) is 0 Å². The van der Waals surface area contributed by atoms with E-state index in [0.717, 1.165) is 41.9 Å². The zero-order valence-electron chi connectivity index (χ0n) is 12.7. The monoisotopic (exact) mass is 315 g/mol. The molecule has 3 rings (SSSR count). The van der Waals surface area contributed by atoms with Gasteiger partial charge in [-0.3, -0.25) is 4.79 Å². The molecule has 4 nitrogen and oxygen atoms in total. The van der Waals surface area contributed by atoms with E-state index < -0.39 is 0 Å². The average Bonchev–Trinajstić information content (AvgIpc) is 2.96. The highest BCUT2D eigenvalue weighted by atomic mass is 32.1.